The van der Waals surface area contributed by atoms with Gasteiger partial charge in [0.25, 0.3) is 0 Å². The molecular formula is C55H65N11O8S. The van der Waals surface area contributed by atoms with Crippen LogP contribution in [0, 0.1) is 12.3 Å². The first-order valence-corrected chi connectivity index (χ1v) is 25.8. The molecule has 394 valence electrons. The highest BCUT2D eigenvalue weighted by Gasteiger charge is 2.44. The summed E-state index contributed by atoms with van der Waals surface area (Å²) in [7, 11) is 3.23. The molecule has 6 N–H and O–H groups in total. The van der Waals surface area contributed by atoms with Crippen LogP contribution in [-0.2, 0) is 45.4 Å². The number of hydrogen-bond acceptors (Lipinski definition) is 14. The van der Waals surface area contributed by atoms with E-state index in [0.29, 0.717) is 67.6 Å². The van der Waals surface area contributed by atoms with Gasteiger partial charge in [-0.2, -0.15) is 5.10 Å². The monoisotopic (exact) mass is 1040 g/mol. The SMILES string of the molecule is COc1ccc(COc2ccc(Cn3c(N)nc4cc(-c5cnn(CC(=O)NCCCCCC(=O)N[C@H](C(=O)N6C[C@H](O)C[C@H]6C(=O)NCc6ccc(-c7scnc7C)cc6)C(C)(C)C)c5)cnc43)cc2OC)cc1. The van der Waals surface area contributed by atoms with Gasteiger partial charge in [-0.25, -0.2) is 15.0 Å². The number of aliphatic hydroxyl groups excluding tert-OH is 1. The number of fused-ring (bicyclic) bond motifs is 1. The third kappa shape index (κ3) is 13.5. The highest BCUT2D eigenvalue weighted by atomic mass is 32.1. The van der Waals surface area contributed by atoms with Crippen LogP contribution in [0.15, 0.2) is 96.9 Å². The zero-order valence-corrected chi connectivity index (χ0v) is 44.0. The van der Waals surface area contributed by atoms with E-state index in [0.717, 1.165) is 49.7 Å². The van der Waals surface area contributed by atoms with Gasteiger partial charge in [-0.1, -0.05) is 69.7 Å². The lowest BCUT2D eigenvalue weighted by atomic mass is 9.85. The second-order valence-corrected chi connectivity index (χ2v) is 20.6. The van der Waals surface area contributed by atoms with Crippen molar-refractivity contribution >= 4 is 52.1 Å². The summed E-state index contributed by atoms with van der Waals surface area (Å²) in [5.74, 6) is 0.999. The number of anilines is 1. The van der Waals surface area contributed by atoms with Gasteiger partial charge in [-0.3, -0.25) is 28.4 Å². The van der Waals surface area contributed by atoms with Crippen molar-refractivity contribution in [3.8, 4) is 38.8 Å². The minimum Gasteiger partial charge on any atom is -0.497 e. The van der Waals surface area contributed by atoms with Crippen LogP contribution in [0.3, 0.4) is 0 Å². The Kier molecular flexibility index (Phi) is 17.1. The van der Waals surface area contributed by atoms with Crippen molar-refractivity contribution in [1.29, 1.82) is 0 Å². The van der Waals surface area contributed by atoms with Crippen molar-refractivity contribution in [3.63, 3.8) is 0 Å². The van der Waals surface area contributed by atoms with Crippen LogP contribution in [-0.4, -0.2) is 108 Å². The molecule has 4 amide bonds. The first-order valence-electron chi connectivity index (χ1n) is 25.0. The standard InChI is InChI=1S/C55H65N11O8S/c1-34-49(75-33-60-34)38-16-11-35(12-17-38)25-59-52(70)44-24-41(67)30-65(44)53(71)50(55(2,3)4)63-47(68)10-8-7-9-21-57-48(69)31-64-29-40(27-61-64)39-23-43-51(58-26-39)66(54(56)62-43)28-37-15-20-45(46(22-37)73-6)74-32-36-13-18-42(72-5)19-14-36/h11-20,22-23,26-27,29,33,41,44,50,67H,7-10,21,24-25,28,30-32H2,1-6H3,(H2,56,62)(H,57,69)(H,59,70)(H,63,68)/t41-,44+,50-/m1/s1. The maximum Gasteiger partial charge on any atom is 0.246 e. The molecule has 19 nitrogen and oxygen atoms in total. The fourth-order valence-corrected chi connectivity index (χ4v) is 9.78. The van der Waals surface area contributed by atoms with Gasteiger partial charge in [0.2, 0.25) is 29.6 Å². The number of β-amino-alcohol motifs (C(OH)–C–C–N with tert-alkyl or cyclic N) is 1. The van der Waals surface area contributed by atoms with E-state index in [-0.39, 0.29) is 50.2 Å². The van der Waals surface area contributed by atoms with E-state index >= 15 is 0 Å². The van der Waals surface area contributed by atoms with E-state index < -0.39 is 29.5 Å². The molecule has 1 saturated heterocycles. The zero-order valence-electron chi connectivity index (χ0n) is 43.2. The van der Waals surface area contributed by atoms with Crippen LogP contribution in [0.5, 0.6) is 17.2 Å². The summed E-state index contributed by atoms with van der Waals surface area (Å²) < 4.78 is 20.3. The number of carbonyl (C=O) groups excluding carboxylic acids is 4. The van der Waals surface area contributed by atoms with Crippen molar-refractivity contribution in [2.75, 3.05) is 33.0 Å². The van der Waals surface area contributed by atoms with Crippen LogP contribution in [0.1, 0.15) is 75.3 Å². The Morgan fingerprint density at radius 2 is 1.61 bits per heavy atom. The number of aliphatic hydroxyl groups is 1. The number of rotatable bonds is 22. The third-order valence-electron chi connectivity index (χ3n) is 13.1. The van der Waals surface area contributed by atoms with E-state index in [1.165, 1.54) is 4.90 Å². The highest BCUT2D eigenvalue weighted by molar-refractivity contribution is 7.13. The first-order chi connectivity index (χ1) is 36.1. The van der Waals surface area contributed by atoms with Crippen molar-refractivity contribution in [3.05, 3.63) is 119 Å². The number of pyridine rings is 1. The number of likely N-dealkylation sites (tertiary alicyclic amines) is 1. The van der Waals surface area contributed by atoms with Gasteiger partial charge in [0.15, 0.2) is 17.1 Å². The number of unbranched alkanes of at least 4 members (excludes halogenated alkanes) is 2. The van der Waals surface area contributed by atoms with E-state index in [4.69, 9.17) is 24.9 Å². The number of aryl methyl sites for hydroxylation is 1. The number of amides is 4. The fraction of sp³-hybridized carbons (Fsp3) is 0.382. The maximum absolute atomic E-state index is 14.1. The second-order valence-electron chi connectivity index (χ2n) is 19.8. The molecule has 75 heavy (non-hydrogen) atoms. The number of nitrogen functional groups attached to an aromatic ring is 1. The summed E-state index contributed by atoms with van der Waals surface area (Å²) in [6, 6.07) is 21.4. The molecule has 1 fully saturated rings. The number of methoxy groups -OCH3 is 2. The van der Waals surface area contributed by atoms with Crippen LogP contribution in [0.4, 0.5) is 5.95 Å². The lowest BCUT2D eigenvalue weighted by Gasteiger charge is -2.35. The average molecular weight is 1040 g/mol. The van der Waals surface area contributed by atoms with E-state index in [9.17, 15) is 24.3 Å². The normalized spacial score (nSPS) is 14.9. The third-order valence-corrected chi connectivity index (χ3v) is 14.1. The summed E-state index contributed by atoms with van der Waals surface area (Å²) in [5, 5.41) is 23.8. The molecule has 0 bridgehead atoms. The molecule has 3 aromatic carbocycles. The number of carbonyl (C=O) groups is 4. The fourth-order valence-electron chi connectivity index (χ4n) is 8.97. The summed E-state index contributed by atoms with van der Waals surface area (Å²) in [6.45, 7) is 8.97. The van der Waals surface area contributed by atoms with Gasteiger partial charge in [0.05, 0.1) is 49.1 Å². The molecule has 0 radical (unpaired) electrons. The molecule has 20 heteroatoms. The van der Waals surface area contributed by atoms with Gasteiger partial charge in [0.1, 0.15) is 36.5 Å². The molecule has 3 atom stereocenters. The van der Waals surface area contributed by atoms with Crippen molar-refractivity contribution in [2.24, 2.45) is 5.41 Å². The number of benzene rings is 3. The molecule has 0 spiro atoms. The van der Waals surface area contributed by atoms with Crippen molar-refractivity contribution in [1.82, 2.24) is 50.1 Å². The van der Waals surface area contributed by atoms with Gasteiger partial charge < -0.3 is 45.9 Å². The van der Waals surface area contributed by atoms with E-state index in [2.05, 4.69) is 31.0 Å². The Morgan fingerprint density at radius 3 is 2.33 bits per heavy atom. The van der Waals surface area contributed by atoms with Crippen LogP contribution in [0.2, 0.25) is 0 Å². The van der Waals surface area contributed by atoms with Gasteiger partial charge >= 0.3 is 0 Å². The van der Waals surface area contributed by atoms with Gasteiger partial charge in [-0.05, 0) is 77.8 Å². The molecule has 0 aliphatic carbocycles. The molecule has 1 aliphatic heterocycles. The predicted molar refractivity (Wildman–Crippen MR) is 286 cm³/mol. The van der Waals surface area contributed by atoms with Crippen molar-refractivity contribution in [2.45, 2.75) is 104 Å². The number of thiazole rings is 1. The summed E-state index contributed by atoms with van der Waals surface area (Å²) in [4.78, 5) is 69.8. The van der Waals surface area contributed by atoms with Gasteiger partial charge in [0, 0.05) is 56.0 Å². The number of ether oxygens (including phenoxy) is 3. The minimum absolute atomic E-state index is 0.00750. The van der Waals surface area contributed by atoms with Crippen LogP contribution >= 0.6 is 11.3 Å². The van der Waals surface area contributed by atoms with Crippen LogP contribution in [0.25, 0.3) is 32.7 Å². The number of hydrogen-bond donors (Lipinski definition) is 5. The Morgan fingerprint density at radius 1 is 0.853 bits per heavy atom. The Labute approximate surface area is 439 Å². The largest absolute Gasteiger partial charge is 0.497 e. The number of nitrogens with one attached hydrogen (secondary N) is 3. The first kappa shape index (κ1) is 53.5. The topological polar surface area (TPSA) is 243 Å². The molecule has 0 unspecified atom stereocenters. The molecule has 4 aromatic heterocycles. The number of nitrogens with zero attached hydrogens (tertiary/aromatic N) is 7. The quantitative estimate of drug-likeness (QED) is 0.0460. The summed E-state index contributed by atoms with van der Waals surface area (Å²) >= 11 is 1.57. The number of nitrogens with two attached hydrogens (primary N) is 1. The van der Waals surface area contributed by atoms with Crippen molar-refractivity contribution < 1.29 is 38.5 Å². The Balaban J connectivity index is 0.758. The Hall–Kier alpha value is -7.84. The van der Waals surface area contributed by atoms with E-state index in [1.807, 2.05) is 111 Å². The molecule has 1 aliphatic rings. The lowest BCUT2D eigenvalue weighted by Crippen LogP contribution is -2.57. The predicted octanol–water partition coefficient (Wildman–Crippen LogP) is 6.44. The molecule has 8 rings (SSSR count). The van der Waals surface area contributed by atoms with Gasteiger partial charge in [-0.15, -0.1) is 11.3 Å². The molecule has 0 saturated carbocycles. The average Bonchev–Trinajstić information content (AvgIpc) is 4.21. The van der Waals surface area contributed by atoms with E-state index in [1.54, 1.807) is 48.8 Å². The maximum atomic E-state index is 14.1. The second kappa shape index (κ2) is 24.0. The zero-order chi connectivity index (χ0) is 53.2. The molecule has 7 aromatic rings. The number of aromatic nitrogens is 6. The number of imidazole rings is 1. The molecule has 5 heterocycles. The lowest BCUT2D eigenvalue weighted by molar-refractivity contribution is -0.144. The smallest absolute Gasteiger partial charge is 0.246 e. The Bertz CT molecular complexity index is 3110. The minimum atomic E-state index is -0.920. The van der Waals surface area contributed by atoms with Crippen LogP contribution < -0.4 is 35.9 Å². The summed E-state index contributed by atoms with van der Waals surface area (Å²) in [6.07, 6.45) is 6.43. The summed E-state index contributed by atoms with van der Waals surface area (Å²) in [5.41, 5.74) is 15.1. The highest BCUT2D eigenvalue weighted by Crippen LogP contribution is 2.32. The molecular weight excluding hydrogens is 975 g/mol.